The van der Waals surface area contributed by atoms with Gasteiger partial charge in [-0.2, -0.15) is 0 Å². The first-order valence-electron chi connectivity index (χ1n) is 6.24. The number of aliphatic hydroxyl groups is 1. The first kappa shape index (κ1) is 13.9. The predicted molar refractivity (Wildman–Crippen MR) is 66.9 cm³/mol. The van der Waals surface area contributed by atoms with E-state index in [1.807, 2.05) is 33.8 Å². The summed E-state index contributed by atoms with van der Waals surface area (Å²) in [5, 5.41) is 9.64. The maximum Gasteiger partial charge on any atom is 0.410 e. The van der Waals surface area contributed by atoms with E-state index in [2.05, 4.69) is 0 Å². The summed E-state index contributed by atoms with van der Waals surface area (Å²) in [6.07, 6.45) is 2.52. The van der Waals surface area contributed by atoms with Crippen LogP contribution < -0.4 is 0 Å². The first-order chi connectivity index (χ1) is 7.88. The van der Waals surface area contributed by atoms with Gasteiger partial charge in [0.15, 0.2) is 0 Å². The Hall–Kier alpha value is -1.19. The van der Waals surface area contributed by atoms with E-state index in [0.29, 0.717) is 25.3 Å². The molecule has 1 aliphatic rings. The molecule has 1 aliphatic carbocycles. The normalized spacial score (nSPS) is 22.8. The van der Waals surface area contributed by atoms with Crippen LogP contribution in [-0.2, 0) is 4.74 Å². The number of carbonyl (C=O) groups is 1. The van der Waals surface area contributed by atoms with Crippen molar-refractivity contribution in [1.82, 2.24) is 4.90 Å². The topological polar surface area (TPSA) is 49.8 Å². The number of amides is 1. The van der Waals surface area contributed by atoms with Gasteiger partial charge < -0.3 is 14.7 Å². The van der Waals surface area contributed by atoms with Crippen LogP contribution in [0.5, 0.6) is 0 Å². The molecular weight excluding hydrogens is 218 g/mol. The van der Waals surface area contributed by atoms with Crippen LogP contribution >= 0.6 is 0 Å². The third-order valence-electron chi connectivity index (χ3n) is 3.04. The standard InChI is InChI=1S/C13H23NO3/c1-5-14(6-2)12(16)17-11-7-10(15)8-13(3,4)9-11/h8,11,15H,5-7,9H2,1-4H3. The number of ether oxygens (including phenoxy) is 1. The molecule has 0 saturated carbocycles. The molecule has 0 aromatic rings. The van der Waals surface area contributed by atoms with Gasteiger partial charge in [-0.1, -0.05) is 13.8 Å². The van der Waals surface area contributed by atoms with E-state index in [-0.39, 0.29) is 17.6 Å². The van der Waals surface area contributed by atoms with Crippen molar-refractivity contribution in [3.05, 3.63) is 11.8 Å². The third kappa shape index (κ3) is 3.95. The van der Waals surface area contributed by atoms with Gasteiger partial charge in [0.05, 0.1) is 5.76 Å². The molecule has 0 heterocycles. The highest BCUT2D eigenvalue weighted by Crippen LogP contribution is 2.34. The lowest BCUT2D eigenvalue weighted by molar-refractivity contribution is 0.0380. The predicted octanol–water partition coefficient (Wildman–Crippen LogP) is 3.10. The lowest BCUT2D eigenvalue weighted by Crippen LogP contribution is -2.36. The van der Waals surface area contributed by atoms with E-state index in [9.17, 15) is 9.90 Å². The fraction of sp³-hybridized carbons (Fsp3) is 0.769. The Kier molecular flexibility index (Phi) is 4.43. The second-order valence-corrected chi connectivity index (χ2v) is 5.21. The molecule has 98 valence electrons. The van der Waals surface area contributed by atoms with E-state index in [4.69, 9.17) is 4.74 Å². The van der Waals surface area contributed by atoms with Crippen molar-refractivity contribution in [3.63, 3.8) is 0 Å². The molecule has 0 aromatic carbocycles. The molecule has 0 radical (unpaired) electrons. The van der Waals surface area contributed by atoms with E-state index in [1.54, 1.807) is 4.90 Å². The van der Waals surface area contributed by atoms with Gasteiger partial charge in [-0.15, -0.1) is 0 Å². The van der Waals surface area contributed by atoms with Crippen LogP contribution in [0.1, 0.15) is 40.5 Å². The molecule has 0 aromatic heterocycles. The molecule has 0 saturated heterocycles. The molecule has 1 atom stereocenters. The second kappa shape index (κ2) is 5.43. The molecule has 4 nitrogen and oxygen atoms in total. The number of aliphatic hydroxyl groups excluding tert-OH is 1. The highest BCUT2D eigenvalue weighted by Gasteiger charge is 2.31. The average Bonchev–Trinajstić information content (AvgIpc) is 2.15. The van der Waals surface area contributed by atoms with Crippen LogP contribution in [0, 0.1) is 5.41 Å². The van der Waals surface area contributed by atoms with Gasteiger partial charge in [0.1, 0.15) is 6.10 Å². The zero-order chi connectivity index (χ0) is 13.1. The molecule has 1 rings (SSSR count). The Labute approximate surface area is 103 Å². The smallest absolute Gasteiger partial charge is 0.410 e. The quantitative estimate of drug-likeness (QED) is 0.826. The first-order valence-corrected chi connectivity index (χ1v) is 6.24. The van der Waals surface area contributed by atoms with Gasteiger partial charge in [-0.05, 0) is 31.8 Å². The molecule has 1 amide bonds. The van der Waals surface area contributed by atoms with Gasteiger partial charge in [-0.3, -0.25) is 0 Å². The van der Waals surface area contributed by atoms with E-state index < -0.39 is 0 Å². The van der Waals surface area contributed by atoms with E-state index >= 15 is 0 Å². The molecule has 1 N–H and O–H groups in total. The van der Waals surface area contributed by atoms with Crippen LogP contribution in [0.25, 0.3) is 0 Å². The third-order valence-corrected chi connectivity index (χ3v) is 3.04. The van der Waals surface area contributed by atoms with Crippen LogP contribution in [-0.4, -0.2) is 35.3 Å². The van der Waals surface area contributed by atoms with Gasteiger partial charge in [-0.25, -0.2) is 4.79 Å². The fourth-order valence-electron chi connectivity index (χ4n) is 2.24. The molecular formula is C13H23NO3. The van der Waals surface area contributed by atoms with Crippen molar-refractivity contribution in [1.29, 1.82) is 0 Å². The Bertz CT molecular complexity index is 306. The Morgan fingerprint density at radius 3 is 2.59 bits per heavy atom. The number of rotatable bonds is 3. The Morgan fingerprint density at radius 2 is 2.12 bits per heavy atom. The summed E-state index contributed by atoms with van der Waals surface area (Å²) in [6, 6.07) is 0. The Morgan fingerprint density at radius 1 is 1.53 bits per heavy atom. The lowest BCUT2D eigenvalue weighted by atomic mass is 9.80. The SMILES string of the molecule is CCN(CC)C(=O)OC1CC(O)=CC(C)(C)C1. The summed E-state index contributed by atoms with van der Waals surface area (Å²) in [5.41, 5.74) is -0.115. The number of allylic oxidation sites excluding steroid dienone is 1. The van der Waals surface area contributed by atoms with Crippen molar-refractivity contribution < 1.29 is 14.6 Å². The minimum absolute atomic E-state index is 0.115. The fourth-order valence-corrected chi connectivity index (χ4v) is 2.24. The van der Waals surface area contributed by atoms with Crippen molar-refractivity contribution in [3.8, 4) is 0 Å². The van der Waals surface area contributed by atoms with Gasteiger partial charge in [0.25, 0.3) is 0 Å². The maximum atomic E-state index is 11.8. The summed E-state index contributed by atoms with van der Waals surface area (Å²) < 4.78 is 5.43. The monoisotopic (exact) mass is 241 g/mol. The minimum atomic E-state index is -0.287. The van der Waals surface area contributed by atoms with Crippen molar-refractivity contribution in [2.75, 3.05) is 13.1 Å². The average molecular weight is 241 g/mol. The number of hydrogen-bond donors (Lipinski definition) is 1. The molecule has 0 spiro atoms. The van der Waals surface area contributed by atoms with Crippen LogP contribution in [0.3, 0.4) is 0 Å². The molecule has 1 unspecified atom stereocenters. The van der Waals surface area contributed by atoms with Crippen LogP contribution in [0.4, 0.5) is 4.79 Å². The van der Waals surface area contributed by atoms with Crippen molar-refractivity contribution in [2.45, 2.75) is 46.6 Å². The maximum absolute atomic E-state index is 11.8. The van der Waals surface area contributed by atoms with E-state index in [1.165, 1.54) is 0 Å². The molecule has 4 heteroatoms. The summed E-state index contributed by atoms with van der Waals surface area (Å²) in [5.74, 6) is 0.318. The molecule has 0 bridgehead atoms. The van der Waals surface area contributed by atoms with Crippen LogP contribution in [0.2, 0.25) is 0 Å². The number of carbonyl (C=O) groups excluding carboxylic acids is 1. The van der Waals surface area contributed by atoms with Crippen molar-refractivity contribution in [2.24, 2.45) is 5.41 Å². The summed E-state index contributed by atoms with van der Waals surface area (Å²) in [7, 11) is 0. The largest absolute Gasteiger partial charge is 0.512 e. The summed E-state index contributed by atoms with van der Waals surface area (Å²) in [6.45, 7) is 9.20. The zero-order valence-corrected chi connectivity index (χ0v) is 11.2. The van der Waals surface area contributed by atoms with Gasteiger partial charge in [0.2, 0.25) is 0 Å². The van der Waals surface area contributed by atoms with Gasteiger partial charge >= 0.3 is 6.09 Å². The molecule has 0 fully saturated rings. The summed E-state index contributed by atoms with van der Waals surface area (Å²) in [4.78, 5) is 13.4. The van der Waals surface area contributed by atoms with Crippen LogP contribution in [0.15, 0.2) is 11.8 Å². The number of hydrogen-bond acceptors (Lipinski definition) is 3. The second-order valence-electron chi connectivity index (χ2n) is 5.21. The van der Waals surface area contributed by atoms with E-state index in [0.717, 1.165) is 6.42 Å². The lowest BCUT2D eigenvalue weighted by Gasteiger charge is -2.32. The number of nitrogens with zero attached hydrogens (tertiary/aromatic N) is 1. The van der Waals surface area contributed by atoms with Crippen molar-refractivity contribution >= 4 is 6.09 Å². The molecule has 17 heavy (non-hydrogen) atoms. The van der Waals surface area contributed by atoms with Gasteiger partial charge in [0, 0.05) is 19.5 Å². The zero-order valence-electron chi connectivity index (χ0n) is 11.2. The highest BCUT2D eigenvalue weighted by molar-refractivity contribution is 5.67. The minimum Gasteiger partial charge on any atom is -0.512 e. The summed E-state index contributed by atoms with van der Waals surface area (Å²) >= 11 is 0. The molecule has 0 aliphatic heterocycles. The highest BCUT2D eigenvalue weighted by atomic mass is 16.6. The Balaban J connectivity index is 2.59.